The number of benzene rings is 1. The van der Waals surface area contributed by atoms with Gasteiger partial charge in [0.25, 0.3) is 0 Å². The Labute approximate surface area is 155 Å². The molecule has 0 saturated carbocycles. The average molecular weight is 362 g/mol. The van der Waals surface area contributed by atoms with Gasteiger partial charge in [-0.3, -0.25) is 4.99 Å². The van der Waals surface area contributed by atoms with Gasteiger partial charge in [0.15, 0.2) is 5.96 Å². The third-order valence-electron chi connectivity index (χ3n) is 4.05. The number of guanidine groups is 1. The van der Waals surface area contributed by atoms with E-state index in [2.05, 4.69) is 45.1 Å². The van der Waals surface area contributed by atoms with Gasteiger partial charge in [-0.25, -0.2) is 4.98 Å². The molecule has 0 fully saturated rings. The Balaban J connectivity index is 1.82. The number of hydrogen-bond acceptors (Lipinski definition) is 2. The first-order valence-electron chi connectivity index (χ1n) is 8.88. The maximum atomic E-state index is 6.08. The Morgan fingerprint density at radius 1 is 1.36 bits per heavy atom. The van der Waals surface area contributed by atoms with Crippen LogP contribution in [0.1, 0.15) is 44.1 Å². The van der Waals surface area contributed by atoms with Gasteiger partial charge in [0.1, 0.15) is 5.82 Å². The maximum absolute atomic E-state index is 6.08. The molecule has 1 atom stereocenters. The summed E-state index contributed by atoms with van der Waals surface area (Å²) in [7, 11) is 0. The van der Waals surface area contributed by atoms with E-state index in [0.717, 1.165) is 54.8 Å². The molecule has 0 aliphatic heterocycles. The van der Waals surface area contributed by atoms with Crippen molar-refractivity contribution in [2.24, 2.45) is 4.99 Å². The number of rotatable bonds is 8. The van der Waals surface area contributed by atoms with Crippen molar-refractivity contribution in [2.45, 2.75) is 46.2 Å². The summed E-state index contributed by atoms with van der Waals surface area (Å²) >= 11 is 6.08. The molecule has 1 aromatic carbocycles. The maximum Gasteiger partial charge on any atom is 0.191 e. The largest absolute Gasteiger partial charge is 0.357 e. The zero-order valence-electron chi connectivity index (χ0n) is 15.3. The molecular weight excluding hydrogens is 334 g/mol. The summed E-state index contributed by atoms with van der Waals surface area (Å²) in [6, 6.07) is 8.05. The van der Waals surface area contributed by atoms with Crippen molar-refractivity contribution in [1.82, 2.24) is 20.2 Å². The van der Waals surface area contributed by atoms with Gasteiger partial charge in [-0.05, 0) is 51.3 Å². The minimum Gasteiger partial charge on any atom is -0.357 e. The van der Waals surface area contributed by atoms with Crippen molar-refractivity contribution in [2.75, 3.05) is 13.1 Å². The van der Waals surface area contributed by atoms with Gasteiger partial charge in [-0.15, -0.1) is 0 Å². The number of aliphatic imine (C=N–C) groups is 1. The lowest BCUT2D eigenvalue weighted by Gasteiger charge is -2.18. The summed E-state index contributed by atoms with van der Waals surface area (Å²) in [6.07, 6.45) is 6.00. The highest BCUT2D eigenvalue weighted by Gasteiger charge is 2.08. The van der Waals surface area contributed by atoms with Crippen LogP contribution in [-0.2, 0) is 6.54 Å². The minimum absolute atomic E-state index is 0.144. The van der Waals surface area contributed by atoms with E-state index in [1.807, 2.05) is 37.5 Å². The van der Waals surface area contributed by atoms with Gasteiger partial charge >= 0.3 is 0 Å². The van der Waals surface area contributed by atoms with Crippen LogP contribution in [0, 0.1) is 6.92 Å². The van der Waals surface area contributed by atoms with Gasteiger partial charge in [0.05, 0.1) is 6.04 Å². The van der Waals surface area contributed by atoms with E-state index in [1.165, 1.54) is 0 Å². The molecule has 0 bridgehead atoms. The predicted molar refractivity (Wildman–Crippen MR) is 105 cm³/mol. The zero-order valence-corrected chi connectivity index (χ0v) is 16.1. The normalized spacial score (nSPS) is 12.9. The quantitative estimate of drug-likeness (QED) is 0.425. The van der Waals surface area contributed by atoms with E-state index in [0.29, 0.717) is 0 Å². The second-order valence-corrected chi connectivity index (χ2v) is 6.49. The van der Waals surface area contributed by atoms with E-state index in [9.17, 15) is 0 Å². The number of imidazole rings is 1. The van der Waals surface area contributed by atoms with Crippen LogP contribution in [0.2, 0.25) is 5.02 Å². The van der Waals surface area contributed by atoms with Crippen LogP contribution >= 0.6 is 11.6 Å². The van der Waals surface area contributed by atoms with E-state index >= 15 is 0 Å². The number of nitrogens with zero attached hydrogens (tertiary/aromatic N) is 3. The fraction of sp³-hybridized carbons (Fsp3) is 0.474. The first-order valence-corrected chi connectivity index (χ1v) is 9.26. The van der Waals surface area contributed by atoms with Crippen LogP contribution < -0.4 is 10.6 Å². The number of halogens is 1. The summed E-state index contributed by atoms with van der Waals surface area (Å²) in [5, 5.41) is 7.49. The summed E-state index contributed by atoms with van der Waals surface area (Å²) < 4.78 is 2.17. The minimum atomic E-state index is 0.144. The fourth-order valence-electron chi connectivity index (χ4n) is 2.61. The van der Waals surface area contributed by atoms with Crippen molar-refractivity contribution < 1.29 is 0 Å². The van der Waals surface area contributed by atoms with Crippen molar-refractivity contribution >= 4 is 17.6 Å². The topological polar surface area (TPSA) is 54.2 Å². The van der Waals surface area contributed by atoms with Crippen LogP contribution in [0.5, 0.6) is 0 Å². The van der Waals surface area contributed by atoms with Crippen LogP contribution in [0.3, 0.4) is 0 Å². The number of hydrogen-bond donors (Lipinski definition) is 2. The molecule has 1 unspecified atom stereocenters. The van der Waals surface area contributed by atoms with Gasteiger partial charge in [0.2, 0.25) is 0 Å². The number of unbranched alkanes of at least 4 members (excludes halogenated alkanes) is 1. The van der Waals surface area contributed by atoms with Gasteiger partial charge in [-0.2, -0.15) is 0 Å². The smallest absolute Gasteiger partial charge is 0.191 e. The van der Waals surface area contributed by atoms with Crippen LogP contribution in [0.15, 0.2) is 41.7 Å². The van der Waals surface area contributed by atoms with Crippen molar-refractivity contribution in [3.8, 4) is 0 Å². The predicted octanol–water partition coefficient (Wildman–Crippen LogP) is 3.94. The molecule has 2 rings (SSSR count). The molecule has 6 heteroatoms. The molecule has 0 amide bonds. The first kappa shape index (κ1) is 19.3. The Morgan fingerprint density at radius 2 is 2.20 bits per heavy atom. The molecular formula is C19H28ClN5. The van der Waals surface area contributed by atoms with E-state index in [-0.39, 0.29) is 6.04 Å². The number of aryl methyl sites for hydroxylation is 2. The van der Waals surface area contributed by atoms with Crippen molar-refractivity contribution in [3.63, 3.8) is 0 Å². The molecule has 2 N–H and O–H groups in total. The molecule has 2 aromatic rings. The first-order chi connectivity index (χ1) is 12.1. The van der Waals surface area contributed by atoms with Crippen LogP contribution in [0.4, 0.5) is 0 Å². The third kappa shape index (κ3) is 6.42. The van der Waals surface area contributed by atoms with E-state index in [4.69, 9.17) is 11.6 Å². The Kier molecular flexibility index (Phi) is 7.79. The zero-order chi connectivity index (χ0) is 18.1. The molecule has 0 saturated heterocycles. The molecule has 1 heterocycles. The number of nitrogens with one attached hydrogen (secondary N) is 2. The monoisotopic (exact) mass is 361 g/mol. The molecule has 0 radical (unpaired) electrons. The average Bonchev–Trinajstić information content (AvgIpc) is 2.99. The molecule has 0 aliphatic carbocycles. The Hall–Kier alpha value is -2.01. The number of aromatic nitrogens is 2. The molecule has 136 valence electrons. The standard InChI is InChI=1S/C19H28ClN5/c1-4-21-19(24-15(2)17-8-7-9-18(20)14-17)23-10-5-6-12-25-13-11-22-16(25)3/h7-9,11,13-15H,4-6,10,12H2,1-3H3,(H2,21,23,24). The summed E-state index contributed by atoms with van der Waals surface area (Å²) in [4.78, 5) is 8.92. The van der Waals surface area contributed by atoms with Crippen molar-refractivity contribution in [1.29, 1.82) is 0 Å². The van der Waals surface area contributed by atoms with Crippen LogP contribution in [-0.4, -0.2) is 28.6 Å². The second kappa shape index (κ2) is 10.1. The van der Waals surface area contributed by atoms with E-state index in [1.54, 1.807) is 0 Å². The lowest BCUT2D eigenvalue weighted by molar-refractivity contribution is 0.599. The lowest BCUT2D eigenvalue weighted by atomic mass is 10.1. The lowest BCUT2D eigenvalue weighted by Crippen LogP contribution is -2.38. The van der Waals surface area contributed by atoms with Crippen molar-refractivity contribution in [3.05, 3.63) is 53.1 Å². The molecule has 25 heavy (non-hydrogen) atoms. The Bertz CT molecular complexity index is 680. The third-order valence-corrected chi connectivity index (χ3v) is 4.28. The second-order valence-electron chi connectivity index (χ2n) is 6.06. The van der Waals surface area contributed by atoms with Gasteiger partial charge in [0, 0.05) is 37.1 Å². The SMILES string of the molecule is CCNC(=NCCCCn1ccnc1C)NC(C)c1cccc(Cl)c1. The highest BCUT2D eigenvalue weighted by Crippen LogP contribution is 2.17. The molecule has 1 aromatic heterocycles. The van der Waals surface area contributed by atoms with E-state index < -0.39 is 0 Å². The van der Waals surface area contributed by atoms with Crippen LogP contribution in [0.25, 0.3) is 0 Å². The molecule has 0 aliphatic rings. The summed E-state index contributed by atoms with van der Waals surface area (Å²) in [5.41, 5.74) is 1.15. The molecule has 5 nitrogen and oxygen atoms in total. The van der Waals surface area contributed by atoms with Gasteiger partial charge in [-0.1, -0.05) is 23.7 Å². The highest BCUT2D eigenvalue weighted by atomic mass is 35.5. The fourth-order valence-corrected chi connectivity index (χ4v) is 2.81. The summed E-state index contributed by atoms with van der Waals surface area (Å²) in [5.74, 6) is 1.91. The molecule has 0 spiro atoms. The van der Waals surface area contributed by atoms with Gasteiger partial charge < -0.3 is 15.2 Å². The highest BCUT2D eigenvalue weighted by molar-refractivity contribution is 6.30. The Morgan fingerprint density at radius 3 is 2.88 bits per heavy atom. The summed E-state index contributed by atoms with van der Waals surface area (Å²) in [6.45, 7) is 8.84.